The molecule has 1 heterocycles. The standard InChI is InChI=1S/C20H23ClN2O/c1-2-19(13-22-20(24)16-7-9-18(21)10-8-16)23-12-11-15-5-3-4-6-17(15)14-23/h3-10,19H,2,11-14H2,1H3,(H,22,24). The average molecular weight is 343 g/mol. The molecule has 0 fully saturated rings. The van der Waals surface area contributed by atoms with Crippen LogP contribution in [0.3, 0.4) is 0 Å². The molecule has 1 unspecified atom stereocenters. The maximum absolute atomic E-state index is 12.3. The molecule has 24 heavy (non-hydrogen) atoms. The van der Waals surface area contributed by atoms with Crippen LogP contribution >= 0.6 is 11.6 Å². The summed E-state index contributed by atoms with van der Waals surface area (Å²) in [5.74, 6) is -0.0393. The van der Waals surface area contributed by atoms with E-state index in [9.17, 15) is 4.79 Å². The SMILES string of the molecule is CCC(CNC(=O)c1ccc(Cl)cc1)N1CCc2ccccc2C1. The molecule has 4 heteroatoms. The molecule has 0 radical (unpaired) electrons. The number of fused-ring (bicyclic) bond motifs is 1. The second-order valence-electron chi connectivity index (χ2n) is 6.27. The Labute approximate surface area is 148 Å². The Bertz CT molecular complexity index is 699. The van der Waals surface area contributed by atoms with Crippen molar-refractivity contribution in [2.45, 2.75) is 32.4 Å². The van der Waals surface area contributed by atoms with E-state index >= 15 is 0 Å². The molecule has 0 spiro atoms. The number of nitrogens with zero attached hydrogens (tertiary/aromatic N) is 1. The van der Waals surface area contributed by atoms with E-state index in [0.29, 0.717) is 23.2 Å². The van der Waals surface area contributed by atoms with Crippen LogP contribution in [0.2, 0.25) is 5.02 Å². The summed E-state index contributed by atoms with van der Waals surface area (Å²) in [6.45, 7) is 4.86. The number of carbonyl (C=O) groups is 1. The van der Waals surface area contributed by atoms with Crippen molar-refractivity contribution in [2.75, 3.05) is 13.1 Å². The van der Waals surface area contributed by atoms with Gasteiger partial charge in [0.2, 0.25) is 0 Å². The first-order valence-electron chi connectivity index (χ1n) is 8.52. The molecule has 1 aliphatic heterocycles. The van der Waals surface area contributed by atoms with Gasteiger partial charge in [-0.3, -0.25) is 9.69 Å². The van der Waals surface area contributed by atoms with E-state index in [1.807, 2.05) is 0 Å². The fourth-order valence-corrected chi connectivity index (χ4v) is 3.40. The molecule has 2 aromatic rings. The molecule has 1 atom stereocenters. The Kier molecular flexibility index (Phi) is 5.54. The highest BCUT2D eigenvalue weighted by Gasteiger charge is 2.22. The number of hydrogen-bond acceptors (Lipinski definition) is 2. The molecule has 1 amide bonds. The van der Waals surface area contributed by atoms with Gasteiger partial charge in [0.1, 0.15) is 0 Å². The normalized spacial score (nSPS) is 15.6. The second kappa shape index (κ2) is 7.82. The fraction of sp³-hybridized carbons (Fsp3) is 0.350. The van der Waals surface area contributed by atoms with E-state index in [1.165, 1.54) is 11.1 Å². The van der Waals surface area contributed by atoms with Gasteiger partial charge < -0.3 is 5.32 Å². The summed E-state index contributed by atoms with van der Waals surface area (Å²) in [7, 11) is 0. The van der Waals surface area contributed by atoms with Crippen LogP contribution in [0.25, 0.3) is 0 Å². The van der Waals surface area contributed by atoms with Crippen LogP contribution in [0.4, 0.5) is 0 Å². The highest BCUT2D eigenvalue weighted by atomic mass is 35.5. The molecule has 0 saturated carbocycles. The minimum atomic E-state index is -0.0393. The third kappa shape index (κ3) is 3.97. The van der Waals surface area contributed by atoms with Crippen molar-refractivity contribution in [3.8, 4) is 0 Å². The molecular formula is C20H23ClN2O. The zero-order valence-electron chi connectivity index (χ0n) is 14.0. The number of nitrogens with one attached hydrogen (secondary N) is 1. The van der Waals surface area contributed by atoms with E-state index in [0.717, 1.165) is 25.9 Å². The summed E-state index contributed by atoms with van der Waals surface area (Å²) in [6, 6.07) is 16.0. The van der Waals surface area contributed by atoms with Gasteiger partial charge in [-0.25, -0.2) is 0 Å². The zero-order valence-corrected chi connectivity index (χ0v) is 14.7. The van der Waals surface area contributed by atoms with Crippen molar-refractivity contribution in [3.05, 3.63) is 70.2 Å². The van der Waals surface area contributed by atoms with Gasteiger partial charge >= 0.3 is 0 Å². The summed E-state index contributed by atoms with van der Waals surface area (Å²) < 4.78 is 0. The van der Waals surface area contributed by atoms with Crippen molar-refractivity contribution in [1.82, 2.24) is 10.2 Å². The fourth-order valence-electron chi connectivity index (χ4n) is 3.27. The van der Waals surface area contributed by atoms with Gasteiger partial charge in [-0.1, -0.05) is 42.8 Å². The molecule has 2 aromatic carbocycles. The van der Waals surface area contributed by atoms with E-state index in [2.05, 4.69) is 41.4 Å². The first-order chi connectivity index (χ1) is 11.7. The average Bonchev–Trinajstić information content (AvgIpc) is 2.62. The van der Waals surface area contributed by atoms with Crippen molar-refractivity contribution >= 4 is 17.5 Å². The number of carbonyl (C=O) groups excluding carboxylic acids is 1. The van der Waals surface area contributed by atoms with Gasteiger partial charge in [0.25, 0.3) is 5.91 Å². The monoisotopic (exact) mass is 342 g/mol. The molecule has 1 N–H and O–H groups in total. The van der Waals surface area contributed by atoms with Crippen LogP contribution in [0.5, 0.6) is 0 Å². The van der Waals surface area contributed by atoms with Crippen molar-refractivity contribution < 1.29 is 4.79 Å². The quantitative estimate of drug-likeness (QED) is 0.893. The van der Waals surface area contributed by atoms with Crippen LogP contribution in [0, 0.1) is 0 Å². The van der Waals surface area contributed by atoms with E-state index in [4.69, 9.17) is 11.6 Å². The number of rotatable bonds is 5. The van der Waals surface area contributed by atoms with E-state index < -0.39 is 0 Å². The number of hydrogen-bond donors (Lipinski definition) is 1. The third-order valence-electron chi connectivity index (χ3n) is 4.75. The largest absolute Gasteiger partial charge is 0.350 e. The lowest BCUT2D eigenvalue weighted by Gasteiger charge is -2.35. The Hall–Kier alpha value is -1.84. The highest BCUT2D eigenvalue weighted by Crippen LogP contribution is 2.21. The van der Waals surface area contributed by atoms with Crippen LogP contribution in [0.15, 0.2) is 48.5 Å². The molecule has 0 saturated heterocycles. The summed E-state index contributed by atoms with van der Waals surface area (Å²) in [5.41, 5.74) is 3.51. The van der Waals surface area contributed by atoms with Crippen molar-refractivity contribution in [2.24, 2.45) is 0 Å². The number of halogens is 1. The number of benzene rings is 2. The molecule has 0 aliphatic carbocycles. The van der Waals surface area contributed by atoms with Crippen molar-refractivity contribution in [3.63, 3.8) is 0 Å². The minimum Gasteiger partial charge on any atom is -0.350 e. The predicted molar refractivity (Wildman–Crippen MR) is 98.4 cm³/mol. The first kappa shape index (κ1) is 17.0. The first-order valence-corrected chi connectivity index (χ1v) is 8.89. The summed E-state index contributed by atoms with van der Waals surface area (Å²) in [5, 5.41) is 3.71. The Morgan fingerprint density at radius 3 is 2.58 bits per heavy atom. The number of amides is 1. The van der Waals surface area contributed by atoms with Crippen LogP contribution in [-0.4, -0.2) is 29.9 Å². The lowest BCUT2D eigenvalue weighted by Crippen LogP contribution is -2.45. The van der Waals surface area contributed by atoms with Crippen LogP contribution in [0.1, 0.15) is 34.8 Å². The van der Waals surface area contributed by atoms with E-state index in [-0.39, 0.29) is 5.91 Å². The zero-order chi connectivity index (χ0) is 16.9. The van der Waals surface area contributed by atoms with Crippen LogP contribution < -0.4 is 5.32 Å². The van der Waals surface area contributed by atoms with Gasteiger partial charge in [-0.05, 0) is 48.2 Å². The molecule has 3 nitrogen and oxygen atoms in total. The van der Waals surface area contributed by atoms with Gasteiger partial charge in [0.15, 0.2) is 0 Å². The Morgan fingerprint density at radius 1 is 1.17 bits per heavy atom. The lowest BCUT2D eigenvalue weighted by molar-refractivity contribution is 0.0926. The lowest BCUT2D eigenvalue weighted by atomic mass is 9.98. The Morgan fingerprint density at radius 2 is 1.88 bits per heavy atom. The molecule has 0 bridgehead atoms. The molecule has 3 rings (SSSR count). The smallest absolute Gasteiger partial charge is 0.251 e. The molecule has 126 valence electrons. The van der Waals surface area contributed by atoms with E-state index in [1.54, 1.807) is 24.3 Å². The van der Waals surface area contributed by atoms with Gasteiger partial charge in [-0.15, -0.1) is 0 Å². The van der Waals surface area contributed by atoms with Crippen molar-refractivity contribution in [1.29, 1.82) is 0 Å². The second-order valence-corrected chi connectivity index (χ2v) is 6.70. The molecule has 1 aliphatic rings. The van der Waals surface area contributed by atoms with Gasteiger partial charge in [0.05, 0.1) is 0 Å². The summed E-state index contributed by atoms with van der Waals surface area (Å²) in [6.07, 6.45) is 2.10. The predicted octanol–water partition coefficient (Wildman–Crippen LogP) is 3.91. The maximum Gasteiger partial charge on any atom is 0.251 e. The van der Waals surface area contributed by atoms with Crippen LogP contribution in [-0.2, 0) is 13.0 Å². The minimum absolute atomic E-state index is 0.0393. The highest BCUT2D eigenvalue weighted by molar-refractivity contribution is 6.30. The Balaban J connectivity index is 1.59. The topological polar surface area (TPSA) is 32.3 Å². The summed E-state index contributed by atoms with van der Waals surface area (Å²) in [4.78, 5) is 14.8. The van der Waals surface area contributed by atoms with Gasteiger partial charge in [0, 0.05) is 36.3 Å². The summed E-state index contributed by atoms with van der Waals surface area (Å²) >= 11 is 5.87. The third-order valence-corrected chi connectivity index (χ3v) is 5.00. The molecular weight excluding hydrogens is 320 g/mol. The maximum atomic E-state index is 12.3. The molecule has 0 aromatic heterocycles. The van der Waals surface area contributed by atoms with Gasteiger partial charge in [-0.2, -0.15) is 0 Å².